The predicted octanol–water partition coefficient (Wildman–Crippen LogP) is 2.97. The number of aliphatic hydroxyl groups excluding tert-OH is 1. The second kappa shape index (κ2) is 10.6. The zero-order valence-electron chi connectivity index (χ0n) is 16.5. The molecule has 1 atom stereocenters. The van der Waals surface area contributed by atoms with E-state index in [1.54, 1.807) is 12.1 Å². The average Bonchev–Trinajstić information content (AvgIpc) is 2.75. The fourth-order valence-electron chi connectivity index (χ4n) is 2.88. The van der Waals surface area contributed by atoms with Crippen LogP contribution >= 0.6 is 11.6 Å². The lowest BCUT2D eigenvalue weighted by Gasteiger charge is -2.11. The Labute approximate surface area is 183 Å². The van der Waals surface area contributed by atoms with Gasteiger partial charge in [0, 0.05) is 36.6 Å². The molecule has 1 amide bonds. The summed E-state index contributed by atoms with van der Waals surface area (Å²) in [6.07, 6.45) is 1.75. The van der Waals surface area contributed by atoms with Crippen molar-refractivity contribution in [1.29, 1.82) is 0 Å². The molecule has 4 N–H and O–H groups in total. The summed E-state index contributed by atoms with van der Waals surface area (Å²) in [5, 5.41) is 24.0. The molecule has 0 aliphatic rings. The molecule has 0 spiro atoms. The first kappa shape index (κ1) is 22.4. The van der Waals surface area contributed by atoms with Gasteiger partial charge in [0.05, 0.1) is 23.1 Å². The third-order valence-corrected chi connectivity index (χ3v) is 4.79. The smallest absolute Gasteiger partial charge is 0.306 e. The van der Waals surface area contributed by atoms with Gasteiger partial charge in [-0.25, -0.2) is 9.97 Å². The Morgan fingerprint density at radius 2 is 1.74 bits per heavy atom. The summed E-state index contributed by atoms with van der Waals surface area (Å²) in [6.45, 7) is 0.469. The quantitative estimate of drug-likeness (QED) is 0.403. The maximum atomic E-state index is 12.7. The normalized spacial score (nSPS) is 11.7. The molecule has 160 valence electrons. The van der Waals surface area contributed by atoms with E-state index in [1.807, 2.05) is 36.4 Å². The number of anilines is 1. The molecule has 3 aromatic rings. The molecule has 1 unspecified atom stereocenters. The van der Waals surface area contributed by atoms with Crippen LogP contribution in [-0.4, -0.2) is 44.7 Å². The van der Waals surface area contributed by atoms with Crippen molar-refractivity contribution in [2.75, 3.05) is 11.9 Å². The lowest BCUT2D eigenvalue weighted by atomic mass is 10.0. The zero-order valence-corrected chi connectivity index (χ0v) is 17.2. The molecule has 0 aliphatic carbocycles. The molecular weight excluding hydrogens is 420 g/mol. The number of rotatable bonds is 9. The Morgan fingerprint density at radius 3 is 2.42 bits per heavy atom. The Balaban J connectivity index is 1.61. The molecule has 0 saturated heterocycles. The van der Waals surface area contributed by atoms with Crippen LogP contribution in [0.15, 0.2) is 60.9 Å². The highest BCUT2D eigenvalue weighted by Crippen LogP contribution is 2.30. The van der Waals surface area contributed by atoms with Gasteiger partial charge in [-0.3, -0.25) is 14.9 Å². The van der Waals surface area contributed by atoms with Crippen LogP contribution in [0.4, 0.5) is 5.95 Å². The number of hydrogen-bond acceptors (Lipinski definition) is 6. The van der Waals surface area contributed by atoms with Gasteiger partial charge in [0.2, 0.25) is 5.95 Å². The Bertz CT molecular complexity index is 1050. The summed E-state index contributed by atoms with van der Waals surface area (Å²) in [6, 6.07) is 14.8. The fraction of sp³-hybridized carbons (Fsp3) is 0.182. The molecular formula is C22H21ClN4O4. The van der Waals surface area contributed by atoms with Crippen LogP contribution in [0.3, 0.4) is 0 Å². The number of carbonyl (C=O) groups is 2. The number of aromatic nitrogens is 2. The van der Waals surface area contributed by atoms with Gasteiger partial charge in [0.15, 0.2) is 0 Å². The van der Waals surface area contributed by atoms with Crippen molar-refractivity contribution >= 4 is 29.4 Å². The van der Waals surface area contributed by atoms with Crippen molar-refractivity contribution < 1.29 is 19.8 Å². The van der Waals surface area contributed by atoms with Crippen molar-refractivity contribution in [1.82, 2.24) is 15.3 Å². The molecule has 2 aromatic carbocycles. The van der Waals surface area contributed by atoms with Crippen molar-refractivity contribution in [3.63, 3.8) is 0 Å². The number of halogens is 1. The van der Waals surface area contributed by atoms with Gasteiger partial charge in [0.25, 0.3) is 5.91 Å². The number of carbonyl (C=O) groups excluding carboxylic acids is 1. The van der Waals surface area contributed by atoms with Gasteiger partial charge in [-0.2, -0.15) is 0 Å². The Kier molecular flexibility index (Phi) is 7.66. The summed E-state index contributed by atoms with van der Waals surface area (Å²) in [5.41, 5.74) is 2.68. The number of aliphatic carboxylic acids is 1. The minimum absolute atomic E-state index is 0.126. The van der Waals surface area contributed by atoms with E-state index >= 15 is 0 Å². The van der Waals surface area contributed by atoms with Crippen LogP contribution in [-0.2, 0) is 11.3 Å². The molecule has 8 nitrogen and oxygen atoms in total. The highest BCUT2D eigenvalue weighted by atomic mass is 35.5. The van der Waals surface area contributed by atoms with Crippen LogP contribution in [0, 0.1) is 0 Å². The maximum Gasteiger partial charge on any atom is 0.306 e. The van der Waals surface area contributed by atoms with E-state index < -0.39 is 18.0 Å². The molecule has 0 saturated carbocycles. The highest BCUT2D eigenvalue weighted by Gasteiger charge is 2.15. The molecule has 31 heavy (non-hydrogen) atoms. The molecule has 0 radical (unpaired) electrons. The summed E-state index contributed by atoms with van der Waals surface area (Å²) < 4.78 is 0. The van der Waals surface area contributed by atoms with Gasteiger partial charge >= 0.3 is 5.97 Å². The van der Waals surface area contributed by atoms with Crippen molar-refractivity contribution in [2.45, 2.75) is 19.1 Å². The fourth-order valence-corrected chi connectivity index (χ4v) is 3.21. The van der Waals surface area contributed by atoms with Crippen LogP contribution in [0.1, 0.15) is 22.3 Å². The van der Waals surface area contributed by atoms with Gasteiger partial charge in [-0.05, 0) is 11.6 Å². The van der Waals surface area contributed by atoms with Crippen molar-refractivity contribution in [3.05, 3.63) is 77.1 Å². The Hall–Kier alpha value is -3.33. The second-order valence-electron chi connectivity index (χ2n) is 6.78. The van der Waals surface area contributed by atoms with E-state index in [0.717, 1.165) is 11.1 Å². The summed E-state index contributed by atoms with van der Waals surface area (Å²) in [7, 11) is 0. The third kappa shape index (κ3) is 6.32. The van der Waals surface area contributed by atoms with Crippen LogP contribution in [0.25, 0.3) is 11.1 Å². The first-order valence-electron chi connectivity index (χ1n) is 9.51. The van der Waals surface area contributed by atoms with Crippen molar-refractivity contribution in [3.8, 4) is 11.1 Å². The SMILES string of the molecule is O=C(O)CC(O)CNCc1cnc(NC(=O)c2cccc(-c3ccccc3)c2Cl)nc1. The van der Waals surface area contributed by atoms with E-state index in [2.05, 4.69) is 20.6 Å². The van der Waals surface area contributed by atoms with Crippen LogP contribution in [0.5, 0.6) is 0 Å². The summed E-state index contributed by atoms with van der Waals surface area (Å²) in [4.78, 5) is 31.4. The van der Waals surface area contributed by atoms with E-state index in [4.69, 9.17) is 16.7 Å². The van der Waals surface area contributed by atoms with Gasteiger partial charge in [-0.1, -0.05) is 54.1 Å². The van der Waals surface area contributed by atoms with Crippen LogP contribution < -0.4 is 10.6 Å². The number of nitrogens with one attached hydrogen (secondary N) is 2. The molecule has 0 bridgehead atoms. The molecule has 1 heterocycles. The number of aliphatic hydroxyl groups is 1. The van der Waals surface area contributed by atoms with Crippen LogP contribution in [0.2, 0.25) is 5.02 Å². The van der Waals surface area contributed by atoms with Gasteiger partial charge < -0.3 is 15.5 Å². The molecule has 0 aliphatic heterocycles. The third-order valence-electron chi connectivity index (χ3n) is 4.38. The number of amides is 1. The standard InChI is InChI=1S/C22H21ClN4O4/c23-20-17(15-5-2-1-3-6-15)7-4-8-18(20)21(31)27-22-25-11-14(12-26-22)10-24-13-16(28)9-19(29)30/h1-8,11-12,16,24,28H,9-10,13H2,(H,29,30)(H,25,26,27,31). The van der Waals surface area contributed by atoms with Gasteiger partial charge in [0.1, 0.15) is 0 Å². The molecule has 0 fully saturated rings. The first-order chi connectivity index (χ1) is 14.9. The Morgan fingerprint density at radius 1 is 1.03 bits per heavy atom. The summed E-state index contributed by atoms with van der Waals surface area (Å²) in [5.74, 6) is -1.36. The number of hydrogen-bond donors (Lipinski definition) is 4. The highest BCUT2D eigenvalue weighted by molar-refractivity contribution is 6.37. The minimum Gasteiger partial charge on any atom is -0.481 e. The van der Waals surface area contributed by atoms with E-state index in [-0.39, 0.29) is 18.9 Å². The first-order valence-corrected chi connectivity index (χ1v) is 9.88. The largest absolute Gasteiger partial charge is 0.481 e. The number of benzene rings is 2. The summed E-state index contributed by atoms with van der Waals surface area (Å²) >= 11 is 6.48. The van der Waals surface area contributed by atoms with E-state index in [0.29, 0.717) is 22.7 Å². The minimum atomic E-state index is -1.06. The zero-order chi connectivity index (χ0) is 22.2. The van der Waals surface area contributed by atoms with Gasteiger partial charge in [-0.15, -0.1) is 0 Å². The predicted molar refractivity (Wildman–Crippen MR) is 117 cm³/mol. The van der Waals surface area contributed by atoms with Crippen molar-refractivity contribution in [2.24, 2.45) is 0 Å². The van der Waals surface area contributed by atoms with E-state index in [1.165, 1.54) is 12.4 Å². The number of nitrogens with zero attached hydrogens (tertiary/aromatic N) is 2. The number of carboxylic acids is 1. The monoisotopic (exact) mass is 440 g/mol. The lowest BCUT2D eigenvalue weighted by molar-refractivity contribution is -0.139. The maximum absolute atomic E-state index is 12.7. The molecule has 1 aromatic heterocycles. The molecule has 3 rings (SSSR count). The topological polar surface area (TPSA) is 124 Å². The van der Waals surface area contributed by atoms with E-state index in [9.17, 15) is 14.7 Å². The molecule has 9 heteroatoms. The second-order valence-corrected chi connectivity index (χ2v) is 7.16. The lowest BCUT2D eigenvalue weighted by Crippen LogP contribution is -2.28. The number of carboxylic acid groups (broad SMARTS) is 1. The average molecular weight is 441 g/mol.